The normalized spacial score (nSPS) is 19.1. The van der Waals surface area contributed by atoms with Gasteiger partial charge < -0.3 is 4.43 Å². The van der Waals surface area contributed by atoms with Crippen molar-refractivity contribution < 1.29 is 4.43 Å². The second kappa shape index (κ2) is 4.18. The standard InChI is InChI=1S/C13H23BrN2OSi/c1-12(2,3)18(5,6)17-13(7-8-13)10-9-11(14)16(4)15-10/h9H,7-8H2,1-6H3. The van der Waals surface area contributed by atoms with Gasteiger partial charge in [-0.25, -0.2) is 0 Å². The topological polar surface area (TPSA) is 27.1 Å². The third-order valence-corrected chi connectivity index (χ3v) is 9.51. The average molecular weight is 331 g/mol. The first-order valence-corrected chi connectivity index (χ1v) is 10.2. The van der Waals surface area contributed by atoms with Crippen molar-refractivity contribution in [2.45, 2.75) is 57.3 Å². The molecule has 0 unspecified atom stereocenters. The fourth-order valence-corrected chi connectivity index (χ4v) is 3.72. The van der Waals surface area contributed by atoms with E-state index >= 15 is 0 Å². The molecule has 0 spiro atoms. The zero-order chi connectivity index (χ0) is 13.8. The summed E-state index contributed by atoms with van der Waals surface area (Å²) in [6.45, 7) is 11.5. The Labute approximate surface area is 119 Å². The van der Waals surface area contributed by atoms with Gasteiger partial charge in [0.1, 0.15) is 10.2 Å². The molecule has 1 heterocycles. The van der Waals surface area contributed by atoms with Crippen LogP contribution in [0.2, 0.25) is 18.1 Å². The van der Waals surface area contributed by atoms with Crippen LogP contribution in [0.5, 0.6) is 0 Å². The maximum atomic E-state index is 6.60. The highest BCUT2D eigenvalue weighted by Gasteiger charge is 2.54. The van der Waals surface area contributed by atoms with Crippen molar-refractivity contribution in [2.24, 2.45) is 7.05 Å². The summed E-state index contributed by atoms with van der Waals surface area (Å²) in [7, 11) is 0.221. The zero-order valence-corrected chi connectivity index (χ0v) is 14.8. The lowest BCUT2D eigenvalue weighted by atomic mass is 10.2. The molecular weight excluding hydrogens is 308 g/mol. The first kappa shape index (κ1) is 14.3. The third kappa shape index (κ3) is 2.45. The van der Waals surface area contributed by atoms with Crippen LogP contribution in [-0.2, 0) is 17.1 Å². The van der Waals surface area contributed by atoms with Crippen LogP contribution in [0.15, 0.2) is 10.7 Å². The number of hydrogen-bond acceptors (Lipinski definition) is 2. The second-order valence-corrected chi connectivity index (χ2v) is 12.4. The highest BCUT2D eigenvalue weighted by Crippen LogP contribution is 2.53. The molecule has 1 saturated carbocycles. The second-order valence-electron chi connectivity index (χ2n) is 6.83. The summed E-state index contributed by atoms with van der Waals surface area (Å²) in [6, 6.07) is 2.10. The summed E-state index contributed by atoms with van der Waals surface area (Å²) in [5, 5.41) is 4.82. The molecule has 3 nitrogen and oxygen atoms in total. The molecule has 102 valence electrons. The van der Waals surface area contributed by atoms with Gasteiger partial charge in [0.25, 0.3) is 0 Å². The van der Waals surface area contributed by atoms with Gasteiger partial charge in [-0.3, -0.25) is 4.68 Å². The smallest absolute Gasteiger partial charge is 0.193 e. The Morgan fingerprint density at radius 3 is 2.28 bits per heavy atom. The van der Waals surface area contributed by atoms with Crippen LogP contribution in [0, 0.1) is 0 Å². The predicted octanol–water partition coefficient (Wildman–Crippen LogP) is 4.19. The molecule has 1 fully saturated rings. The van der Waals surface area contributed by atoms with E-state index in [1.165, 1.54) is 0 Å². The summed E-state index contributed by atoms with van der Waals surface area (Å²) in [5.74, 6) is 0. The van der Waals surface area contributed by atoms with E-state index in [4.69, 9.17) is 4.43 Å². The Balaban J connectivity index is 2.24. The Kier molecular flexibility index (Phi) is 3.32. The third-order valence-electron chi connectivity index (χ3n) is 4.25. The molecule has 2 rings (SSSR count). The summed E-state index contributed by atoms with van der Waals surface area (Å²) in [5.41, 5.74) is 0.981. The number of halogens is 1. The van der Waals surface area contributed by atoms with Crippen molar-refractivity contribution in [3.8, 4) is 0 Å². The van der Waals surface area contributed by atoms with Crippen LogP contribution in [0.3, 0.4) is 0 Å². The van der Waals surface area contributed by atoms with Gasteiger partial charge in [-0.15, -0.1) is 0 Å². The zero-order valence-electron chi connectivity index (χ0n) is 12.2. The van der Waals surface area contributed by atoms with E-state index < -0.39 is 8.32 Å². The predicted molar refractivity (Wildman–Crippen MR) is 80.1 cm³/mol. The van der Waals surface area contributed by atoms with Gasteiger partial charge in [-0.05, 0) is 53.0 Å². The number of hydrogen-bond donors (Lipinski definition) is 0. The number of aryl methyl sites for hydroxylation is 1. The first-order chi connectivity index (χ1) is 8.07. The molecule has 1 aromatic heterocycles. The average Bonchev–Trinajstić information content (AvgIpc) is 2.87. The lowest BCUT2D eigenvalue weighted by Crippen LogP contribution is -2.44. The summed E-state index contributed by atoms with van der Waals surface area (Å²) in [6.07, 6.45) is 2.20. The first-order valence-electron chi connectivity index (χ1n) is 6.48. The molecule has 0 amide bonds. The van der Waals surface area contributed by atoms with Crippen LogP contribution in [-0.4, -0.2) is 18.1 Å². The van der Waals surface area contributed by atoms with Gasteiger partial charge in [0.2, 0.25) is 0 Å². The monoisotopic (exact) mass is 330 g/mol. The molecule has 1 aliphatic carbocycles. The van der Waals surface area contributed by atoms with Crippen LogP contribution < -0.4 is 0 Å². The molecule has 0 saturated heterocycles. The molecule has 5 heteroatoms. The Hall–Kier alpha value is -0.133. The molecule has 0 aromatic carbocycles. The van der Waals surface area contributed by atoms with Crippen molar-refractivity contribution in [3.05, 3.63) is 16.4 Å². The van der Waals surface area contributed by atoms with Crippen LogP contribution in [0.4, 0.5) is 0 Å². The van der Waals surface area contributed by atoms with Crippen molar-refractivity contribution in [1.29, 1.82) is 0 Å². The minimum absolute atomic E-state index is 0.104. The Bertz CT molecular complexity index is 439. The Morgan fingerprint density at radius 2 is 1.94 bits per heavy atom. The van der Waals surface area contributed by atoms with Gasteiger partial charge in [0, 0.05) is 7.05 Å². The molecule has 1 aromatic rings. The fourth-order valence-electron chi connectivity index (χ4n) is 1.83. The van der Waals surface area contributed by atoms with Gasteiger partial charge in [0.05, 0.1) is 5.69 Å². The minimum atomic E-state index is -1.73. The maximum absolute atomic E-state index is 6.60. The van der Waals surface area contributed by atoms with Crippen molar-refractivity contribution >= 4 is 24.2 Å². The van der Waals surface area contributed by atoms with E-state index in [2.05, 4.69) is 61.0 Å². The van der Waals surface area contributed by atoms with Gasteiger partial charge >= 0.3 is 0 Å². The van der Waals surface area contributed by atoms with Crippen molar-refractivity contribution in [1.82, 2.24) is 9.78 Å². The van der Waals surface area contributed by atoms with E-state index in [0.29, 0.717) is 0 Å². The number of nitrogens with zero attached hydrogens (tertiary/aromatic N) is 2. The summed E-state index contributed by atoms with van der Waals surface area (Å²) in [4.78, 5) is 0. The lowest BCUT2D eigenvalue weighted by molar-refractivity contribution is 0.153. The van der Waals surface area contributed by atoms with E-state index in [-0.39, 0.29) is 10.6 Å². The number of rotatable bonds is 3. The summed E-state index contributed by atoms with van der Waals surface area (Å²) < 4.78 is 9.48. The molecular formula is C13H23BrN2OSi. The molecule has 0 aliphatic heterocycles. The van der Waals surface area contributed by atoms with Crippen molar-refractivity contribution in [2.75, 3.05) is 0 Å². The highest BCUT2D eigenvalue weighted by molar-refractivity contribution is 9.10. The summed E-state index contributed by atoms with van der Waals surface area (Å²) >= 11 is 3.51. The molecule has 0 atom stereocenters. The quantitative estimate of drug-likeness (QED) is 0.777. The number of aromatic nitrogens is 2. The van der Waals surface area contributed by atoms with E-state index in [9.17, 15) is 0 Å². The maximum Gasteiger partial charge on any atom is 0.193 e. The molecule has 0 bridgehead atoms. The largest absolute Gasteiger partial charge is 0.406 e. The highest BCUT2D eigenvalue weighted by atomic mass is 79.9. The SMILES string of the molecule is Cn1nc(C2(O[Si](C)(C)C(C)(C)C)CC2)cc1Br. The molecule has 0 N–H and O–H groups in total. The van der Waals surface area contributed by atoms with Crippen LogP contribution in [0.25, 0.3) is 0 Å². The van der Waals surface area contributed by atoms with E-state index in [0.717, 1.165) is 23.1 Å². The fraction of sp³-hybridized carbons (Fsp3) is 0.769. The van der Waals surface area contributed by atoms with Crippen LogP contribution in [0.1, 0.15) is 39.3 Å². The molecule has 18 heavy (non-hydrogen) atoms. The van der Waals surface area contributed by atoms with Crippen molar-refractivity contribution in [3.63, 3.8) is 0 Å². The van der Waals surface area contributed by atoms with E-state index in [1.807, 2.05) is 11.7 Å². The van der Waals surface area contributed by atoms with Crippen LogP contribution >= 0.6 is 15.9 Å². The molecule has 0 radical (unpaired) electrons. The lowest BCUT2D eigenvalue weighted by Gasteiger charge is -2.39. The van der Waals surface area contributed by atoms with E-state index in [1.54, 1.807) is 0 Å². The van der Waals surface area contributed by atoms with Gasteiger partial charge in [0.15, 0.2) is 8.32 Å². The molecule has 1 aliphatic rings. The minimum Gasteiger partial charge on any atom is -0.406 e. The van der Waals surface area contributed by atoms with Gasteiger partial charge in [-0.2, -0.15) is 5.10 Å². The van der Waals surface area contributed by atoms with Gasteiger partial charge in [-0.1, -0.05) is 20.8 Å². The Morgan fingerprint density at radius 1 is 1.39 bits per heavy atom.